The minimum absolute atomic E-state index is 0.0283. The molecule has 264 valence electrons. The Morgan fingerprint density at radius 1 is 0.735 bits per heavy atom. The predicted molar refractivity (Wildman–Crippen MR) is 176 cm³/mol. The van der Waals surface area contributed by atoms with Crippen LogP contribution in [0.5, 0.6) is 0 Å². The van der Waals surface area contributed by atoms with E-state index < -0.39 is 41.0 Å². The van der Waals surface area contributed by atoms with Crippen LogP contribution in [0.4, 0.5) is 26.3 Å². The van der Waals surface area contributed by atoms with Gasteiger partial charge in [0.05, 0.1) is 26.7 Å². The second-order valence-electron chi connectivity index (χ2n) is 12.9. The number of alkyl halides is 6. The Hall–Kier alpha value is -2.84. The normalized spacial score (nSPS) is 22.9. The number of carbonyl (C=O) groups excluding carboxylic acids is 2. The lowest BCUT2D eigenvalue weighted by atomic mass is 9.90. The average Bonchev–Trinajstić information content (AvgIpc) is 3.79. The monoisotopic (exact) mass is 746 g/mol. The van der Waals surface area contributed by atoms with E-state index in [9.17, 15) is 35.9 Å². The Labute approximate surface area is 294 Å². The van der Waals surface area contributed by atoms with E-state index in [2.05, 4.69) is 9.80 Å². The van der Waals surface area contributed by atoms with Gasteiger partial charge in [0, 0.05) is 74.9 Å². The summed E-state index contributed by atoms with van der Waals surface area (Å²) in [6.07, 6.45) is -7.96. The molecule has 0 saturated carbocycles. The molecule has 0 N–H and O–H groups in total. The number of nitrogens with zero attached hydrogens (tertiary/aromatic N) is 4. The van der Waals surface area contributed by atoms with E-state index in [0.717, 1.165) is 38.2 Å². The maximum atomic E-state index is 13.8. The fourth-order valence-corrected chi connectivity index (χ4v) is 8.22. The number of amides is 2. The largest absolute Gasteiger partial charge is 0.416 e. The molecule has 3 aliphatic heterocycles. The summed E-state index contributed by atoms with van der Waals surface area (Å²) < 4.78 is 81.8. The first kappa shape index (κ1) is 36.0. The van der Waals surface area contributed by atoms with Gasteiger partial charge in [-0.15, -0.1) is 0 Å². The van der Waals surface area contributed by atoms with Gasteiger partial charge < -0.3 is 9.80 Å². The van der Waals surface area contributed by atoms with Crippen molar-refractivity contribution in [2.24, 2.45) is 0 Å². The highest BCUT2D eigenvalue weighted by atomic mass is 35.5. The molecule has 0 bridgehead atoms. The molecular formula is C34H34Cl2F6N4O2S. The molecule has 15 heteroatoms. The third-order valence-electron chi connectivity index (χ3n) is 9.84. The first-order chi connectivity index (χ1) is 23.2. The van der Waals surface area contributed by atoms with E-state index in [-0.39, 0.29) is 30.6 Å². The number of hydrogen-bond acceptors (Lipinski definition) is 5. The highest BCUT2D eigenvalue weighted by Crippen LogP contribution is 2.38. The zero-order valence-corrected chi connectivity index (χ0v) is 28.6. The predicted octanol–water partition coefficient (Wildman–Crippen LogP) is 7.84. The van der Waals surface area contributed by atoms with E-state index in [1.807, 2.05) is 21.7 Å². The third kappa shape index (κ3) is 8.22. The molecular weight excluding hydrogens is 713 g/mol. The van der Waals surface area contributed by atoms with E-state index in [1.54, 1.807) is 18.2 Å². The van der Waals surface area contributed by atoms with Gasteiger partial charge in [-0.2, -0.15) is 37.7 Å². The van der Waals surface area contributed by atoms with Crippen molar-refractivity contribution in [1.82, 2.24) is 19.6 Å². The van der Waals surface area contributed by atoms with E-state index in [1.165, 1.54) is 16.2 Å². The first-order valence-corrected chi connectivity index (χ1v) is 17.7. The topological polar surface area (TPSA) is 47.1 Å². The highest BCUT2D eigenvalue weighted by molar-refractivity contribution is 7.08. The minimum Gasteiger partial charge on any atom is -0.337 e. The molecule has 0 radical (unpaired) electrons. The fourth-order valence-electron chi connectivity index (χ4n) is 7.27. The maximum Gasteiger partial charge on any atom is 0.416 e. The Morgan fingerprint density at radius 2 is 1.37 bits per heavy atom. The molecule has 3 saturated heterocycles. The van der Waals surface area contributed by atoms with Crippen LogP contribution < -0.4 is 0 Å². The molecule has 3 fully saturated rings. The number of thiophene rings is 1. The van der Waals surface area contributed by atoms with E-state index >= 15 is 0 Å². The standard InChI is InChI=1S/C34H34Cl2F6N4O2S/c35-29-2-1-21(14-30(29)36)13-28-18-26(4-7-46(28)32(48)23-15-24(33(37,38)39)17-25(16-23)34(40,41)42)43-8-10-44(11-9-43)27-3-6-45(19-27)31(47)22-5-12-49-20-22/h1-2,5,12,14-17,20,26-28H,3-4,6-11,13,18-19H2/t26?,27-,28?/m1/s1. The van der Waals surface area contributed by atoms with Gasteiger partial charge in [0.25, 0.3) is 11.8 Å². The maximum absolute atomic E-state index is 13.8. The van der Waals surface area contributed by atoms with Crippen molar-refractivity contribution in [2.45, 2.75) is 56.2 Å². The van der Waals surface area contributed by atoms with Crippen LogP contribution in [-0.2, 0) is 18.8 Å². The summed E-state index contributed by atoms with van der Waals surface area (Å²) in [4.78, 5) is 34.7. The van der Waals surface area contributed by atoms with E-state index in [4.69, 9.17) is 23.2 Å². The van der Waals surface area contributed by atoms with Crippen LogP contribution in [0.15, 0.2) is 53.2 Å². The summed E-state index contributed by atoms with van der Waals surface area (Å²) in [5, 5.41) is 4.39. The quantitative estimate of drug-likeness (QED) is 0.241. The van der Waals surface area contributed by atoms with Gasteiger partial charge in [-0.05, 0) is 73.0 Å². The smallest absolute Gasteiger partial charge is 0.337 e. The number of piperidine rings is 1. The van der Waals surface area contributed by atoms with Crippen LogP contribution in [0.1, 0.15) is 56.7 Å². The lowest BCUT2D eigenvalue weighted by molar-refractivity contribution is -0.143. The van der Waals surface area contributed by atoms with Crippen LogP contribution in [0.25, 0.3) is 0 Å². The molecule has 3 aliphatic rings. The van der Waals surface area contributed by atoms with Crippen molar-refractivity contribution in [3.05, 3.63) is 91.1 Å². The number of hydrogen-bond donors (Lipinski definition) is 0. The molecule has 0 spiro atoms. The van der Waals surface area contributed by atoms with Gasteiger partial charge in [-0.1, -0.05) is 29.3 Å². The number of halogens is 8. The Kier molecular flexibility index (Phi) is 10.6. The van der Waals surface area contributed by atoms with Crippen molar-refractivity contribution in [1.29, 1.82) is 0 Å². The van der Waals surface area contributed by atoms with Crippen molar-refractivity contribution in [3.8, 4) is 0 Å². The van der Waals surface area contributed by atoms with Gasteiger partial charge in [0.2, 0.25) is 0 Å². The minimum atomic E-state index is -5.07. The van der Waals surface area contributed by atoms with Crippen LogP contribution in [0.3, 0.4) is 0 Å². The Balaban J connectivity index is 1.16. The summed E-state index contributed by atoms with van der Waals surface area (Å²) >= 11 is 13.9. The Bertz CT molecular complexity index is 1630. The van der Waals surface area contributed by atoms with E-state index in [0.29, 0.717) is 60.1 Å². The second-order valence-corrected chi connectivity index (χ2v) is 14.4. The summed E-state index contributed by atoms with van der Waals surface area (Å²) in [7, 11) is 0. The lowest BCUT2D eigenvalue weighted by Gasteiger charge is -2.47. The third-order valence-corrected chi connectivity index (χ3v) is 11.3. The molecule has 3 aromatic rings. The van der Waals surface area contributed by atoms with Crippen molar-refractivity contribution < 1.29 is 35.9 Å². The first-order valence-electron chi connectivity index (χ1n) is 16.0. The molecule has 3 atom stereocenters. The summed E-state index contributed by atoms with van der Waals surface area (Å²) in [5.41, 5.74) is -2.26. The summed E-state index contributed by atoms with van der Waals surface area (Å²) in [6.45, 7) is 4.66. The molecule has 4 heterocycles. The van der Waals surface area contributed by atoms with Crippen molar-refractivity contribution in [3.63, 3.8) is 0 Å². The van der Waals surface area contributed by atoms with Crippen LogP contribution in [0.2, 0.25) is 10.0 Å². The number of piperazine rings is 1. The average molecular weight is 748 g/mol. The Morgan fingerprint density at radius 3 is 1.96 bits per heavy atom. The van der Waals surface area contributed by atoms with Gasteiger partial charge in [0.15, 0.2) is 0 Å². The lowest BCUT2D eigenvalue weighted by Crippen LogP contribution is -2.58. The number of rotatable bonds is 6. The second kappa shape index (κ2) is 14.4. The number of carbonyl (C=O) groups is 2. The van der Waals surface area contributed by atoms with Gasteiger partial charge >= 0.3 is 12.4 Å². The van der Waals surface area contributed by atoms with Gasteiger partial charge in [0.1, 0.15) is 0 Å². The fraction of sp³-hybridized carbons (Fsp3) is 0.471. The molecule has 6 nitrogen and oxygen atoms in total. The van der Waals surface area contributed by atoms with Crippen LogP contribution >= 0.6 is 34.5 Å². The molecule has 0 aliphatic carbocycles. The van der Waals surface area contributed by atoms with Crippen LogP contribution in [0, 0.1) is 0 Å². The molecule has 2 aromatic carbocycles. The molecule has 2 amide bonds. The molecule has 6 rings (SSSR count). The van der Waals surface area contributed by atoms with Gasteiger partial charge in [-0.25, -0.2) is 0 Å². The zero-order chi connectivity index (χ0) is 35.1. The summed E-state index contributed by atoms with van der Waals surface area (Å²) in [5.74, 6) is -0.829. The molecule has 49 heavy (non-hydrogen) atoms. The molecule has 1 aromatic heterocycles. The zero-order valence-electron chi connectivity index (χ0n) is 26.2. The van der Waals surface area contributed by atoms with Crippen LogP contribution in [-0.4, -0.2) is 95.4 Å². The van der Waals surface area contributed by atoms with Crippen molar-refractivity contribution in [2.75, 3.05) is 45.8 Å². The highest BCUT2D eigenvalue weighted by Gasteiger charge is 2.41. The van der Waals surface area contributed by atoms with Gasteiger partial charge in [-0.3, -0.25) is 19.4 Å². The summed E-state index contributed by atoms with van der Waals surface area (Å²) in [6, 6.07) is 7.69. The van der Waals surface area contributed by atoms with Crippen molar-refractivity contribution >= 4 is 46.4 Å². The number of benzene rings is 2. The molecule has 2 unspecified atom stereocenters. The number of likely N-dealkylation sites (tertiary alicyclic amines) is 2. The SMILES string of the molecule is O=C(c1ccsc1)N1CC[C@@H](N2CCN(C3CCN(C(=O)c4cc(C(F)(F)F)cc(C(F)(F)F)c4)C(Cc4ccc(Cl)c(Cl)c4)C3)CC2)C1.